The fourth-order valence-electron chi connectivity index (χ4n) is 3.05. The Morgan fingerprint density at radius 2 is 1.96 bits per heavy atom. The number of para-hydroxylation sites is 2. The number of anilines is 1. The van der Waals surface area contributed by atoms with E-state index in [0.29, 0.717) is 48.8 Å². The summed E-state index contributed by atoms with van der Waals surface area (Å²) in [5.41, 5.74) is 8.83. The van der Waals surface area contributed by atoms with Crippen molar-refractivity contribution in [2.24, 2.45) is 0 Å². The number of nitriles is 1. The summed E-state index contributed by atoms with van der Waals surface area (Å²) in [6, 6.07) is 14.5. The first-order valence-corrected chi connectivity index (χ1v) is 9.07. The van der Waals surface area contributed by atoms with Crippen molar-refractivity contribution in [1.82, 2.24) is 14.8 Å². The Kier molecular flexibility index (Phi) is 4.55. The van der Waals surface area contributed by atoms with Gasteiger partial charge in [0.05, 0.1) is 37.5 Å². The van der Waals surface area contributed by atoms with Crippen molar-refractivity contribution >= 4 is 51.8 Å². The second-order valence-corrected chi connectivity index (χ2v) is 6.95. The largest absolute Gasteiger partial charge is 0.307 e. The van der Waals surface area contributed by atoms with Gasteiger partial charge < -0.3 is 10.9 Å². The second-order valence-electron chi connectivity index (χ2n) is 6.13. The molecule has 0 saturated carbocycles. The third-order valence-corrected chi connectivity index (χ3v) is 5.20. The predicted molar refractivity (Wildman–Crippen MR) is 111 cm³/mol. The number of pyridine rings is 1. The average Bonchev–Trinajstić information content (AvgIpc) is 3.07. The number of hydrogen-bond acceptors (Lipinski definition) is 5. The number of hydrazine groups is 1. The number of hydrogen-bond donors (Lipinski definition) is 2. The number of benzene rings is 2. The van der Waals surface area contributed by atoms with Crippen molar-refractivity contribution in [2.75, 3.05) is 5.43 Å². The van der Waals surface area contributed by atoms with Gasteiger partial charge in [-0.1, -0.05) is 35.3 Å². The SMILES string of the molecule is Cc1c(C#N)c2nc3ccccc3n2c(=O)c1=CNNc1ccc(Cl)c(Cl)c1. The van der Waals surface area contributed by atoms with Gasteiger partial charge in [-0.2, -0.15) is 5.26 Å². The van der Waals surface area contributed by atoms with E-state index in [0.717, 1.165) is 0 Å². The minimum atomic E-state index is -0.261. The van der Waals surface area contributed by atoms with Crippen LogP contribution in [0.15, 0.2) is 47.3 Å². The van der Waals surface area contributed by atoms with E-state index in [-0.39, 0.29) is 5.56 Å². The molecular weight excluding hydrogens is 397 g/mol. The molecule has 0 atom stereocenters. The van der Waals surface area contributed by atoms with Gasteiger partial charge in [-0.15, -0.1) is 0 Å². The number of nitrogens with one attached hydrogen (secondary N) is 2. The lowest BCUT2D eigenvalue weighted by Gasteiger charge is -2.07. The van der Waals surface area contributed by atoms with Crippen molar-refractivity contribution in [3.8, 4) is 6.07 Å². The van der Waals surface area contributed by atoms with Gasteiger partial charge in [0.2, 0.25) is 0 Å². The molecule has 2 N–H and O–H groups in total. The molecule has 2 aromatic heterocycles. The maximum Gasteiger partial charge on any atom is 0.265 e. The van der Waals surface area contributed by atoms with Crippen molar-refractivity contribution in [3.63, 3.8) is 0 Å². The predicted octanol–water partition coefficient (Wildman–Crippen LogP) is 3.41. The van der Waals surface area contributed by atoms with Crippen LogP contribution in [0.5, 0.6) is 0 Å². The molecule has 6 nitrogen and oxygen atoms in total. The van der Waals surface area contributed by atoms with Crippen LogP contribution in [0.1, 0.15) is 11.1 Å². The van der Waals surface area contributed by atoms with Crippen LogP contribution in [-0.2, 0) is 0 Å². The van der Waals surface area contributed by atoms with Crippen LogP contribution in [-0.4, -0.2) is 9.38 Å². The highest BCUT2D eigenvalue weighted by Gasteiger charge is 2.15. The standard InChI is InChI=1S/C20H13Cl2N5O/c1-11-13(9-23)19-25-17-4-2-3-5-18(17)27(19)20(28)14(11)10-24-26-12-6-7-15(21)16(22)8-12/h2-8,10,24,26H,1H3. The van der Waals surface area contributed by atoms with E-state index >= 15 is 0 Å². The average molecular weight is 410 g/mol. The van der Waals surface area contributed by atoms with E-state index in [9.17, 15) is 10.1 Å². The molecule has 28 heavy (non-hydrogen) atoms. The Morgan fingerprint density at radius 3 is 2.71 bits per heavy atom. The highest BCUT2D eigenvalue weighted by molar-refractivity contribution is 6.42. The molecule has 4 rings (SSSR count). The first kappa shape index (κ1) is 18.1. The van der Waals surface area contributed by atoms with Gasteiger partial charge in [0, 0.05) is 6.20 Å². The molecule has 4 aromatic rings. The third-order valence-electron chi connectivity index (χ3n) is 4.46. The Morgan fingerprint density at radius 1 is 1.18 bits per heavy atom. The normalized spacial score (nSPS) is 11.7. The molecule has 0 bridgehead atoms. The monoisotopic (exact) mass is 409 g/mol. The van der Waals surface area contributed by atoms with E-state index in [4.69, 9.17) is 23.2 Å². The van der Waals surface area contributed by atoms with E-state index < -0.39 is 0 Å². The molecule has 0 unspecified atom stereocenters. The van der Waals surface area contributed by atoms with Gasteiger partial charge in [-0.05, 0) is 42.8 Å². The van der Waals surface area contributed by atoms with Crippen LogP contribution in [0, 0.1) is 18.3 Å². The number of aromatic nitrogens is 2. The van der Waals surface area contributed by atoms with Crippen LogP contribution in [0.4, 0.5) is 5.69 Å². The van der Waals surface area contributed by atoms with Crippen LogP contribution in [0.3, 0.4) is 0 Å². The zero-order valence-electron chi connectivity index (χ0n) is 14.6. The summed E-state index contributed by atoms with van der Waals surface area (Å²) in [7, 11) is 0. The molecule has 8 heteroatoms. The summed E-state index contributed by atoms with van der Waals surface area (Å²) >= 11 is 11.9. The smallest absolute Gasteiger partial charge is 0.265 e. The van der Waals surface area contributed by atoms with Crippen LogP contribution in [0.25, 0.3) is 22.9 Å². The molecule has 0 saturated heterocycles. The second kappa shape index (κ2) is 7.04. The molecule has 0 radical (unpaired) electrons. The summed E-state index contributed by atoms with van der Waals surface area (Å²) in [6.07, 6.45) is 1.52. The Hall–Kier alpha value is -3.27. The molecule has 0 fully saturated rings. The lowest BCUT2D eigenvalue weighted by molar-refractivity contribution is 1.06. The zero-order valence-corrected chi connectivity index (χ0v) is 16.1. The first-order chi connectivity index (χ1) is 13.5. The van der Waals surface area contributed by atoms with E-state index in [1.54, 1.807) is 31.2 Å². The van der Waals surface area contributed by atoms with Crippen LogP contribution < -0.4 is 21.6 Å². The molecule has 2 aromatic carbocycles. The maximum absolute atomic E-state index is 13.1. The molecule has 0 aliphatic heterocycles. The maximum atomic E-state index is 13.1. The van der Waals surface area contributed by atoms with Gasteiger partial charge >= 0.3 is 0 Å². The zero-order chi connectivity index (χ0) is 19.8. The van der Waals surface area contributed by atoms with Gasteiger partial charge in [0.25, 0.3) is 5.56 Å². The van der Waals surface area contributed by atoms with Crippen molar-refractivity contribution in [2.45, 2.75) is 6.92 Å². The number of rotatable bonds is 3. The number of nitrogens with zero attached hydrogens (tertiary/aromatic N) is 3. The highest BCUT2D eigenvalue weighted by Crippen LogP contribution is 2.24. The molecule has 2 heterocycles. The number of fused-ring (bicyclic) bond motifs is 3. The quantitative estimate of drug-likeness (QED) is 0.506. The first-order valence-electron chi connectivity index (χ1n) is 8.32. The van der Waals surface area contributed by atoms with Gasteiger partial charge in [0.15, 0.2) is 5.65 Å². The van der Waals surface area contributed by atoms with Gasteiger partial charge in [-0.25, -0.2) is 4.98 Å². The summed E-state index contributed by atoms with van der Waals surface area (Å²) in [4.78, 5) is 17.6. The van der Waals surface area contributed by atoms with Gasteiger partial charge in [-0.3, -0.25) is 9.20 Å². The Balaban J connectivity index is 1.85. The van der Waals surface area contributed by atoms with Crippen molar-refractivity contribution < 1.29 is 0 Å². The van der Waals surface area contributed by atoms with E-state index in [2.05, 4.69) is 21.9 Å². The molecule has 0 amide bonds. The number of halogens is 2. The van der Waals surface area contributed by atoms with E-state index in [1.165, 1.54) is 10.6 Å². The fraction of sp³-hybridized carbons (Fsp3) is 0.0500. The topological polar surface area (TPSA) is 82.2 Å². The Bertz CT molecular complexity index is 1390. The number of imidazole rings is 1. The summed E-state index contributed by atoms with van der Waals surface area (Å²) in [5, 5.41) is 10.9. The molecule has 0 aliphatic carbocycles. The minimum absolute atomic E-state index is 0.261. The van der Waals surface area contributed by atoms with Gasteiger partial charge in [0.1, 0.15) is 6.07 Å². The van der Waals surface area contributed by atoms with Crippen molar-refractivity contribution in [3.05, 3.63) is 79.2 Å². The highest BCUT2D eigenvalue weighted by atomic mass is 35.5. The van der Waals surface area contributed by atoms with Crippen LogP contribution >= 0.6 is 23.2 Å². The van der Waals surface area contributed by atoms with Crippen LogP contribution in [0.2, 0.25) is 10.0 Å². The van der Waals surface area contributed by atoms with E-state index in [1.807, 2.05) is 18.2 Å². The lowest BCUT2D eigenvalue weighted by atomic mass is 10.1. The van der Waals surface area contributed by atoms with Crippen molar-refractivity contribution in [1.29, 1.82) is 5.26 Å². The fourth-order valence-corrected chi connectivity index (χ4v) is 3.35. The molecule has 138 valence electrons. The molecular formula is C20H13Cl2N5O. The molecule has 0 aliphatic rings. The summed E-state index contributed by atoms with van der Waals surface area (Å²) < 4.78 is 1.47. The summed E-state index contributed by atoms with van der Waals surface area (Å²) in [5.74, 6) is 0. The molecule has 0 spiro atoms. The minimum Gasteiger partial charge on any atom is -0.307 e. The summed E-state index contributed by atoms with van der Waals surface area (Å²) in [6.45, 7) is 1.73. The lowest BCUT2D eigenvalue weighted by Crippen LogP contribution is -2.36. The third kappa shape index (κ3) is 2.91. The Labute approximate surface area is 169 Å².